The van der Waals surface area contributed by atoms with Gasteiger partial charge in [0.05, 0.1) is 6.10 Å². The highest BCUT2D eigenvalue weighted by Crippen LogP contribution is 2.27. The van der Waals surface area contributed by atoms with Gasteiger partial charge in [0.2, 0.25) is 5.91 Å². The molecule has 1 atom stereocenters. The van der Waals surface area contributed by atoms with Gasteiger partial charge < -0.3 is 19.8 Å². The molecule has 29 heavy (non-hydrogen) atoms. The van der Waals surface area contributed by atoms with E-state index >= 15 is 0 Å². The van der Waals surface area contributed by atoms with Crippen LogP contribution < -0.4 is 15.7 Å². The molecule has 0 bridgehead atoms. The lowest BCUT2D eigenvalue weighted by atomic mass is 9.99. The quantitative estimate of drug-likeness (QED) is 0.596. The number of hydrogen-bond acceptors (Lipinski definition) is 5. The normalized spacial score (nSPS) is 15.9. The number of aromatic nitrogens is 3. The molecule has 0 saturated carbocycles. The van der Waals surface area contributed by atoms with Crippen molar-refractivity contribution < 1.29 is 14.3 Å². The van der Waals surface area contributed by atoms with Crippen LogP contribution in [0, 0.1) is 0 Å². The zero-order valence-corrected chi connectivity index (χ0v) is 15.8. The summed E-state index contributed by atoms with van der Waals surface area (Å²) in [4.78, 5) is 33.1. The van der Waals surface area contributed by atoms with E-state index in [1.54, 1.807) is 43.6 Å². The van der Waals surface area contributed by atoms with Crippen LogP contribution >= 0.6 is 0 Å². The first kappa shape index (κ1) is 18.7. The lowest BCUT2D eigenvalue weighted by Crippen LogP contribution is -2.16. The molecule has 3 N–H and O–H groups in total. The first-order chi connectivity index (χ1) is 14.1. The largest absolute Gasteiger partial charge is 0.455 e. The number of allylic oxidation sites excluding steroid dienone is 2. The average molecular weight is 392 g/mol. The number of anilines is 1. The van der Waals surface area contributed by atoms with Crippen LogP contribution in [0.4, 0.5) is 5.69 Å². The Kier molecular flexibility index (Phi) is 5.26. The van der Waals surface area contributed by atoms with Crippen molar-refractivity contribution in [3.63, 3.8) is 0 Å². The first-order valence-corrected chi connectivity index (χ1v) is 9.14. The number of nitrogens with one attached hydrogen (secondary N) is 3. The Labute approximate surface area is 166 Å². The summed E-state index contributed by atoms with van der Waals surface area (Å²) < 4.78 is 11.1. The van der Waals surface area contributed by atoms with E-state index in [1.807, 2.05) is 18.2 Å². The third-order valence-corrected chi connectivity index (χ3v) is 4.56. The van der Waals surface area contributed by atoms with Crippen molar-refractivity contribution >= 4 is 22.8 Å². The Morgan fingerprint density at radius 3 is 2.86 bits per heavy atom. The van der Waals surface area contributed by atoms with E-state index in [0.717, 1.165) is 12.0 Å². The molecule has 0 aliphatic heterocycles. The number of nitrogens with zero attached hydrogens (tertiary/aromatic N) is 1. The van der Waals surface area contributed by atoms with E-state index < -0.39 is 0 Å². The van der Waals surface area contributed by atoms with E-state index in [1.165, 1.54) is 0 Å². The van der Waals surface area contributed by atoms with Crippen LogP contribution in [0.1, 0.15) is 12.8 Å². The summed E-state index contributed by atoms with van der Waals surface area (Å²) in [5.41, 5.74) is 2.28. The molecule has 3 aromatic rings. The standard InChI is InChI=1S/C21H20N4O4/c1-28-16-4-2-3-13(11-16)12-18(26)23-14-5-7-15(8-6-14)29-17-9-10-22-20-19(17)24-21(27)25-20/h2-10,16H,11-12H2,1H3,(H,23,26)(H2,22,24,25,27). The molecular formula is C21H20N4O4. The molecule has 1 aliphatic carbocycles. The Morgan fingerprint density at radius 1 is 1.24 bits per heavy atom. The number of rotatable bonds is 6. The van der Waals surface area contributed by atoms with E-state index in [9.17, 15) is 9.59 Å². The maximum absolute atomic E-state index is 12.3. The van der Waals surface area contributed by atoms with Gasteiger partial charge in [0, 0.05) is 31.5 Å². The molecule has 0 fully saturated rings. The van der Waals surface area contributed by atoms with E-state index in [2.05, 4.69) is 20.3 Å². The van der Waals surface area contributed by atoms with Gasteiger partial charge in [0.1, 0.15) is 11.3 Å². The SMILES string of the molecule is COC1C=CC=C(CC(=O)Nc2ccc(Oc3ccnc4[nH]c(=O)[nH]c34)cc2)C1. The van der Waals surface area contributed by atoms with Gasteiger partial charge >= 0.3 is 5.69 Å². The molecule has 4 rings (SSSR count). The van der Waals surface area contributed by atoms with Crippen LogP contribution in [0.2, 0.25) is 0 Å². The van der Waals surface area contributed by atoms with Crippen LogP contribution in [0.3, 0.4) is 0 Å². The molecular weight excluding hydrogens is 372 g/mol. The topological polar surface area (TPSA) is 109 Å². The number of imidazole rings is 1. The second-order valence-corrected chi connectivity index (χ2v) is 6.65. The number of hydrogen-bond donors (Lipinski definition) is 3. The molecule has 148 valence electrons. The number of ether oxygens (including phenoxy) is 2. The van der Waals surface area contributed by atoms with E-state index in [0.29, 0.717) is 34.8 Å². The lowest BCUT2D eigenvalue weighted by Gasteiger charge is -2.17. The van der Waals surface area contributed by atoms with Crippen molar-refractivity contribution in [1.29, 1.82) is 0 Å². The molecule has 1 amide bonds. The fourth-order valence-electron chi connectivity index (χ4n) is 3.14. The lowest BCUT2D eigenvalue weighted by molar-refractivity contribution is -0.115. The van der Waals surface area contributed by atoms with Crippen molar-refractivity contribution in [2.45, 2.75) is 18.9 Å². The van der Waals surface area contributed by atoms with Crippen molar-refractivity contribution in [2.75, 3.05) is 12.4 Å². The summed E-state index contributed by atoms with van der Waals surface area (Å²) in [6, 6.07) is 8.69. The summed E-state index contributed by atoms with van der Waals surface area (Å²) in [6.07, 6.45) is 8.45. The Balaban J connectivity index is 1.39. The van der Waals surface area contributed by atoms with Crippen LogP contribution in [0.25, 0.3) is 11.2 Å². The average Bonchev–Trinajstić information content (AvgIpc) is 3.11. The molecule has 2 heterocycles. The highest BCUT2D eigenvalue weighted by Gasteiger charge is 2.14. The number of pyridine rings is 1. The van der Waals surface area contributed by atoms with Crippen LogP contribution in [-0.4, -0.2) is 34.1 Å². The summed E-state index contributed by atoms with van der Waals surface area (Å²) in [5.74, 6) is 0.964. The summed E-state index contributed by atoms with van der Waals surface area (Å²) >= 11 is 0. The highest BCUT2D eigenvalue weighted by atomic mass is 16.5. The summed E-state index contributed by atoms with van der Waals surface area (Å²) in [7, 11) is 1.66. The van der Waals surface area contributed by atoms with Gasteiger partial charge in [-0.25, -0.2) is 9.78 Å². The number of carbonyl (C=O) groups is 1. The van der Waals surface area contributed by atoms with Gasteiger partial charge in [0.15, 0.2) is 11.4 Å². The molecule has 1 unspecified atom stereocenters. The van der Waals surface area contributed by atoms with Crippen LogP contribution in [0.5, 0.6) is 11.5 Å². The minimum absolute atomic E-state index is 0.0221. The Bertz CT molecular complexity index is 1140. The number of fused-ring (bicyclic) bond motifs is 1. The fraction of sp³-hybridized carbons (Fsp3) is 0.190. The van der Waals surface area contributed by atoms with Crippen molar-refractivity contribution in [3.05, 3.63) is 70.8 Å². The van der Waals surface area contributed by atoms with Crippen LogP contribution in [-0.2, 0) is 9.53 Å². The Morgan fingerprint density at radius 2 is 2.07 bits per heavy atom. The molecule has 8 heteroatoms. The molecule has 0 spiro atoms. The third kappa shape index (κ3) is 4.44. The van der Waals surface area contributed by atoms with Gasteiger partial charge in [-0.15, -0.1) is 0 Å². The maximum Gasteiger partial charge on any atom is 0.325 e. The number of carbonyl (C=O) groups excluding carboxylic acids is 1. The molecule has 8 nitrogen and oxygen atoms in total. The maximum atomic E-state index is 12.3. The van der Waals surface area contributed by atoms with E-state index in [4.69, 9.17) is 9.47 Å². The second-order valence-electron chi connectivity index (χ2n) is 6.65. The zero-order chi connectivity index (χ0) is 20.2. The molecule has 1 aliphatic rings. The minimum Gasteiger partial charge on any atom is -0.455 e. The van der Waals surface area contributed by atoms with Gasteiger partial charge in [-0.2, -0.15) is 0 Å². The predicted molar refractivity (Wildman–Crippen MR) is 109 cm³/mol. The summed E-state index contributed by atoms with van der Waals surface area (Å²) in [5, 5.41) is 2.88. The fourth-order valence-corrected chi connectivity index (χ4v) is 3.14. The minimum atomic E-state index is -0.345. The number of methoxy groups -OCH3 is 1. The number of H-pyrrole nitrogens is 2. The van der Waals surface area contributed by atoms with Gasteiger partial charge in [-0.05, 0) is 30.7 Å². The summed E-state index contributed by atoms with van der Waals surface area (Å²) in [6.45, 7) is 0. The number of aromatic amines is 2. The van der Waals surface area contributed by atoms with Crippen molar-refractivity contribution in [3.8, 4) is 11.5 Å². The van der Waals surface area contributed by atoms with Gasteiger partial charge in [-0.3, -0.25) is 9.78 Å². The van der Waals surface area contributed by atoms with Gasteiger partial charge in [0.25, 0.3) is 0 Å². The number of benzene rings is 1. The molecule has 2 aromatic heterocycles. The highest BCUT2D eigenvalue weighted by molar-refractivity contribution is 5.92. The number of amides is 1. The first-order valence-electron chi connectivity index (χ1n) is 9.14. The monoisotopic (exact) mass is 392 g/mol. The van der Waals surface area contributed by atoms with Crippen LogP contribution in [0.15, 0.2) is 65.1 Å². The van der Waals surface area contributed by atoms with Gasteiger partial charge in [-0.1, -0.05) is 23.8 Å². The third-order valence-electron chi connectivity index (χ3n) is 4.56. The smallest absolute Gasteiger partial charge is 0.325 e. The molecule has 0 saturated heterocycles. The van der Waals surface area contributed by atoms with Crippen molar-refractivity contribution in [2.24, 2.45) is 0 Å². The van der Waals surface area contributed by atoms with Crippen molar-refractivity contribution in [1.82, 2.24) is 15.0 Å². The molecule has 1 aromatic carbocycles. The molecule has 0 radical (unpaired) electrons. The zero-order valence-electron chi connectivity index (χ0n) is 15.8. The van der Waals surface area contributed by atoms with E-state index in [-0.39, 0.29) is 17.7 Å². The Hall–Kier alpha value is -3.65. The predicted octanol–water partition coefficient (Wildman–Crippen LogP) is 3.27. The second kappa shape index (κ2) is 8.15.